The molecule has 0 aliphatic carbocycles. The first-order chi connectivity index (χ1) is 11.8. The smallest absolute Gasteiger partial charge is 0.259 e. The minimum Gasteiger partial charge on any atom is -0.496 e. The molecule has 3 nitrogen and oxygen atoms in total. The van der Waals surface area contributed by atoms with E-state index in [1.54, 1.807) is 19.2 Å². The Morgan fingerprint density at radius 2 is 1.54 bits per heavy atom. The van der Waals surface area contributed by atoms with Crippen molar-refractivity contribution in [3.8, 4) is 5.75 Å². The fourth-order valence-corrected chi connectivity index (χ4v) is 2.63. The summed E-state index contributed by atoms with van der Waals surface area (Å²) < 4.78 is 5.27. The molecule has 0 fully saturated rings. The molecular weight excluding hydrogens is 298 g/mol. The maximum atomic E-state index is 12.6. The van der Waals surface area contributed by atoms with Gasteiger partial charge in [0, 0.05) is 5.69 Å². The number of hydrogen-bond donors (Lipinski definition) is 1. The highest BCUT2D eigenvalue weighted by atomic mass is 16.5. The Morgan fingerprint density at radius 3 is 2.33 bits per heavy atom. The third-order valence-electron chi connectivity index (χ3n) is 3.85. The van der Waals surface area contributed by atoms with Crippen LogP contribution in [0.25, 0.3) is 0 Å². The number of rotatable bonds is 5. The topological polar surface area (TPSA) is 38.3 Å². The van der Waals surface area contributed by atoms with Crippen molar-refractivity contribution in [1.29, 1.82) is 0 Å². The first-order valence-corrected chi connectivity index (χ1v) is 7.84. The molecular formula is C21H19NO2. The zero-order chi connectivity index (χ0) is 16.8. The molecule has 120 valence electrons. The molecule has 3 aromatic carbocycles. The molecule has 0 unspecified atom stereocenters. The van der Waals surface area contributed by atoms with E-state index in [1.165, 1.54) is 5.56 Å². The van der Waals surface area contributed by atoms with Gasteiger partial charge in [-0.2, -0.15) is 0 Å². The molecule has 24 heavy (non-hydrogen) atoms. The van der Waals surface area contributed by atoms with E-state index >= 15 is 0 Å². The van der Waals surface area contributed by atoms with Crippen LogP contribution in [-0.4, -0.2) is 13.0 Å². The quantitative estimate of drug-likeness (QED) is 0.750. The normalized spacial score (nSPS) is 10.2. The highest BCUT2D eigenvalue weighted by molar-refractivity contribution is 6.06. The molecule has 0 spiro atoms. The van der Waals surface area contributed by atoms with Crippen LogP contribution >= 0.6 is 0 Å². The molecule has 0 aromatic heterocycles. The van der Waals surface area contributed by atoms with Crippen LogP contribution in [-0.2, 0) is 6.42 Å². The number of nitrogens with one attached hydrogen (secondary N) is 1. The summed E-state index contributed by atoms with van der Waals surface area (Å²) in [5.41, 5.74) is 3.62. The lowest BCUT2D eigenvalue weighted by Crippen LogP contribution is -2.14. The fraction of sp³-hybridized carbons (Fsp3) is 0.0952. The summed E-state index contributed by atoms with van der Waals surface area (Å²) in [4.78, 5) is 12.6. The summed E-state index contributed by atoms with van der Waals surface area (Å²) in [6, 6.07) is 25.3. The number of hydrogen-bond acceptors (Lipinski definition) is 2. The highest BCUT2D eigenvalue weighted by Crippen LogP contribution is 2.22. The van der Waals surface area contributed by atoms with Gasteiger partial charge in [-0.15, -0.1) is 0 Å². The van der Waals surface area contributed by atoms with Crippen LogP contribution < -0.4 is 10.1 Å². The van der Waals surface area contributed by atoms with E-state index in [4.69, 9.17) is 4.74 Å². The molecule has 0 saturated carbocycles. The average Bonchev–Trinajstić information content (AvgIpc) is 2.64. The summed E-state index contributed by atoms with van der Waals surface area (Å²) >= 11 is 0. The number of amides is 1. The first kappa shape index (κ1) is 15.8. The summed E-state index contributed by atoms with van der Waals surface area (Å²) in [5.74, 6) is 0.392. The van der Waals surface area contributed by atoms with Crippen molar-refractivity contribution < 1.29 is 9.53 Å². The van der Waals surface area contributed by atoms with Gasteiger partial charge in [-0.05, 0) is 35.7 Å². The van der Waals surface area contributed by atoms with Crippen LogP contribution in [0.4, 0.5) is 5.69 Å². The van der Waals surface area contributed by atoms with Crippen molar-refractivity contribution >= 4 is 11.6 Å². The van der Waals surface area contributed by atoms with Gasteiger partial charge in [0.1, 0.15) is 5.75 Å². The molecule has 0 radical (unpaired) electrons. The van der Waals surface area contributed by atoms with Crippen molar-refractivity contribution in [3.05, 3.63) is 95.6 Å². The molecule has 3 aromatic rings. The van der Waals surface area contributed by atoms with Crippen molar-refractivity contribution in [2.45, 2.75) is 6.42 Å². The zero-order valence-electron chi connectivity index (χ0n) is 13.5. The van der Waals surface area contributed by atoms with E-state index in [9.17, 15) is 4.79 Å². The van der Waals surface area contributed by atoms with Crippen molar-refractivity contribution in [2.24, 2.45) is 0 Å². The van der Waals surface area contributed by atoms with Gasteiger partial charge in [0.25, 0.3) is 5.91 Å². The van der Waals surface area contributed by atoms with Crippen LogP contribution in [0, 0.1) is 0 Å². The minimum absolute atomic E-state index is 0.173. The van der Waals surface area contributed by atoms with E-state index in [0.29, 0.717) is 11.3 Å². The van der Waals surface area contributed by atoms with E-state index in [0.717, 1.165) is 17.7 Å². The summed E-state index contributed by atoms with van der Waals surface area (Å²) in [7, 11) is 1.56. The number of benzene rings is 3. The standard InChI is InChI=1S/C21H19NO2/c1-24-20-14-8-6-12-18(20)21(23)22-19-13-7-5-11-17(19)15-16-9-3-2-4-10-16/h2-14H,15H2,1H3,(H,22,23). The monoisotopic (exact) mass is 317 g/mol. The summed E-state index contributed by atoms with van der Waals surface area (Å²) in [6.07, 6.45) is 0.767. The maximum absolute atomic E-state index is 12.6. The molecule has 0 atom stereocenters. The lowest BCUT2D eigenvalue weighted by atomic mass is 10.0. The van der Waals surface area contributed by atoms with Gasteiger partial charge in [0.2, 0.25) is 0 Å². The van der Waals surface area contributed by atoms with Gasteiger partial charge in [0.05, 0.1) is 12.7 Å². The second kappa shape index (κ2) is 7.47. The predicted molar refractivity (Wildman–Crippen MR) is 96.6 cm³/mol. The largest absolute Gasteiger partial charge is 0.496 e. The van der Waals surface area contributed by atoms with Gasteiger partial charge in [-0.25, -0.2) is 0 Å². The van der Waals surface area contributed by atoms with Crippen LogP contribution in [0.2, 0.25) is 0 Å². The van der Waals surface area contributed by atoms with Crippen LogP contribution in [0.15, 0.2) is 78.9 Å². The number of carbonyl (C=O) groups is 1. The number of ether oxygens (including phenoxy) is 1. The third-order valence-corrected chi connectivity index (χ3v) is 3.85. The molecule has 0 heterocycles. The van der Waals surface area contributed by atoms with Gasteiger partial charge in [0.15, 0.2) is 0 Å². The molecule has 0 bridgehead atoms. The summed E-state index contributed by atoms with van der Waals surface area (Å²) in [6.45, 7) is 0. The Kier molecular flexibility index (Phi) is 4.92. The Hall–Kier alpha value is -3.07. The lowest BCUT2D eigenvalue weighted by Gasteiger charge is -2.13. The molecule has 0 aliphatic heterocycles. The molecule has 3 rings (SSSR count). The molecule has 1 amide bonds. The predicted octanol–water partition coefficient (Wildman–Crippen LogP) is 4.54. The van der Waals surface area contributed by atoms with Crippen molar-refractivity contribution in [3.63, 3.8) is 0 Å². The van der Waals surface area contributed by atoms with Crippen molar-refractivity contribution in [1.82, 2.24) is 0 Å². The average molecular weight is 317 g/mol. The van der Waals surface area contributed by atoms with Crippen molar-refractivity contribution in [2.75, 3.05) is 12.4 Å². The van der Waals surface area contributed by atoms with Gasteiger partial charge in [-0.1, -0.05) is 60.7 Å². The number of methoxy groups -OCH3 is 1. The second-order valence-electron chi connectivity index (χ2n) is 5.47. The van der Waals surface area contributed by atoms with E-state index in [1.807, 2.05) is 54.6 Å². The third kappa shape index (κ3) is 3.63. The Bertz CT molecular complexity index is 828. The second-order valence-corrected chi connectivity index (χ2v) is 5.47. The van der Waals surface area contributed by atoms with Crippen LogP contribution in [0.1, 0.15) is 21.5 Å². The van der Waals surface area contributed by atoms with Crippen LogP contribution in [0.5, 0.6) is 5.75 Å². The van der Waals surface area contributed by atoms with Gasteiger partial charge >= 0.3 is 0 Å². The Balaban J connectivity index is 1.84. The van der Waals surface area contributed by atoms with E-state index in [2.05, 4.69) is 17.4 Å². The molecule has 0 aliphatic rings. The van der Waals surface area contributed by atoms with E-state index in [-0.39, 0.29) is 5.91 Å². The Morgan fingerprint density at radius 1 is 0.875 bits per heavy atom. The lowest BCUT2D eigenvalue weighted by molar-refractivity contribution is 0.102. The maximum Gasteiger partial charge on any atom is 0.259 e. The number of anilines is 1. The van der Waals surface area contributed by atoms with Gasteiger partial charge < -0.3 is 10.1 Å². The SMILES string of the molecule is COc1ccccc1C(=O)Nc1ccccc1Cc1ccccc1. The molecule has 0 saturated heterocycles. The minimum atomic E-state index is -0.173. The number of para-hydroxylation sites is 2. The highest BCUT2D eigenvalue weighted by Gasteiger charge is 2.13. The zero-order valence-corrected chi connectivity index (χ0v) is 13.5. The van der Waals surface area contributed by atoms with E-state index < -0.39 is 0 Å². The van der Waals surface area contributed by atoms with Gasteiger partial charge in [-0.3, -0.25) is 4.79 Å². The first-order valence-electron chi connectivity index (χ1n) is 7.84. The molecule has 1 N–H and O–H groups in total. The number of carbonyl (C=O) groups excluding carboxylic acids is 1. The molecule has 3 heteroatoms. The van der Waals surface area contributed by atoms with Crippen LogP contribution in [0.3, 0.4) is 0 Å². The fourth-order valence-electron chi connectivity index (χ4n) is 2.63. The summed E-state index contributed by atoms with van der Waals surface area (Å²) in [5, 5.41) is 3.00. The Labute approximate surface area is 141 Å².